The maximum absolute atomic E-state index is 13.6. The van der Waals surface area contributed by atoms with Gasteiger partial charge in [-0.1, -0.05) is 18.2 Å². The number of nitrogens with zero attached hydrogens (tertiary/aromatic N) is 2. The van der Waals surface area contributed by atoms with Crippen molar-refractivity contribution >= 4 is 62.2 Å². The van der Waals surface area contributed by atoms with Crippen LogP contribution in [-0.2, 0) is 17.9 Å². The molecule has 1 amide bonds. The second-order valence-corrected chi connectivity index (χ2v) is 10.3. The molecule has 3 heterocycles. The fourth-order valence-corrected chi connectivity index (χ4v) is 6.28. The highest BCUT2D eigenvalue weighted by Crippen LogP contribution is 2.37. The van der Waals surface area contributed by atoms with E-state index in [-0.39, 0.29) is 24.1 Å². The molecule has 1 saturated heterocycles. The number of carbonyl (C=O) groups is 2. The first-order chi connectivity index (χ1) is 17.4. The minimum atomic E-state index is -0.755. The molecule has 194 valence electrons. The highest BCUT2D eigenvalue weighted by Gasteiger charge is 2.23. The van der Waals surface area contributed by atoms with E-state index in [1.807, 2.05) is 37.3 Å². The molecule has 0 bridgehead atoms. The SMILES string of the molecule is COCc1ccc(C(C)=O)c2sc(C(=O)Nc3ccc4c(CN5CCC(F)C5)cccc4n3)c(C)c12.Cl. The van der Waals surface area contributed by atoms with Gasteiger partial charge in [0.2, 0.25) is 0 Å². The number of Topliss-reactive ketones (excluding diaryl/α,β-unsaturated/α-hetero) is 1. The summed E-state index contributed by atoms with van der Waals surface area (Å²) in [5.41, 5.74) is 4.23. The number of ketones is 1. The number of halogens is 2. The van der Waals surface area contributed by atoms with Crippen molar-refractivity contribution in [3.05, 3.63) is 69.6 Å². The molecule has 1 N–H and O–H groups in total. The van der Waals surface area contributed by atoms with Crippen molar-refractivity contribution < 1.29 is 18.7 Å². The number of hydrogen-bond donors (Lipinski definition) is 1. The predicted molar refractivity (Wildman–Crippen MR) is 149 cm³/mol. The van der Waals surface area contributed by atoms with Gasteiger partial charge in [0.05, 0.1) is 17.0 Å². The molecule has 0 saturated carbocycles. The van der Waals surface area contributed by atoms with Gasteiger partial charge in [-0.25, -0.2) is 9.37 Å². The molecule has 1 fully saturated rings. The Bertz CT molecular complexity index is 1490. The molecule has 0 radical (unpaired) electrons. The first kappa shape index (κ1) is 27.1. The zero-order valence-corrected chi connectivity index (χ0v) is 22.6. The third-order valence-corrected chi connectivity index (χ3v) is 8.05. The number of aryl methyl sites for hydroxylation is 1. The van der Waals surface area contributed by atoms with E-state index in [1.54, 1.807) is 19.2 Å². The van der Waals surface area contributed by atoms with Crippen LogP contribution >= 0.6 is 23.7 Å². The van der Waals surface area contributed by atoms with Crippen LogP contribution in [0.4, 0.5) is 10.2 Å². The number of pyridine rings is 1. The Balaban J connectivity index is 0.00000320. The lowest BCUT2D eigenvalue weighted by molar-refractivity contribution is 0.101. The monoisotopic (exact) mass is 541 g/mol. The average Bonchev–Trinajstić information content (AvgIpc) is 3.42. The number of fused-ring (bicyclic) bond motifs is 2. The highest BCUT2D eigenvalue weighted by atomic mass is 35.5. The van der Waals surface area contributed by atoms with E-state index in [4.69, 9.17) is 4.74 Å². The minimum absolute atomic E-state index is 0. The smallest absolute Gasteiger partial charge is 0.267 e. The summed E-state index contributed by atoms with van der Waals surface area (Å²) in [5, 5.41) is 4.82. The third kappa shape index (κ3) is 5.38. The van der Waals surface area contributed by atoms with E-state index in [2.05, 4.69) is 15.2 Å². The van der Waals surface area contributed by atoms with Crippen molar-refractivity contribution in [2.75, 3.05) is 25.5 Å². The van der Waals surface area contributed by atoms with Gasteiger partial charge in [-0.2, -0.15) is 0 Å². The topological polar surface area (TPSA) is 71.5 Å². The predicted octanol–water partition coefficient (Wildman–Crippen LogP) is 6.32. The quantitative estimate of drug-likeness (QED) is 0.277. The number of amides is 1. The second kappa shape index (κ2) is 11.2. The van der Waals surface area contributed by atoms with Crippen LogP contribution in [0, 0.1) is 6.92 Å². The van der Waals surface area contributed by atoms with Crippen LogP contribution in [0.5, 0.6) is 0 Å². The maximum atomic E-state index is 13.6. The molecule has 1 aliphatic rings. The second-order valence-electron chi connectivity index (χ2n) is 9.28. The molecule has 1 atom stereocenters. The fraction of sp³-hybridized carbons (Fsp3) is 0.321. The van der Waals surface area contributed by atoms with Crippen molar-refractivity contribution in [1.29, 1.82) is 0 Å². The summed E-state index contributed by atoms with van der Waals surface area (Å²) < 4.78 is 19.7. The summed E-state index contributed by atoms with van der Waals surface area (Å²) >= 11 is 1.32. The number of carbonyl (C=O) groups excluding carboxylic acids is 2. The van der Waals surface area contributed by atoms with Crippen molar-refractivity contribution in [3.8, 4) is 0 Å². The molecule has 37 heavy (non-hydrogen) atoms. The number of nitrogens with one attached hydrogen (secondary N) is 1. The van der Waals surface area contributed by atoms with Gasteiger partial charge < -0.3 is 10.1 Å². The van der Waals surface area contributed by atoms with Crippen LogP contribution in [0.25, 0.3) is 21.0 Å². The number of anilines is 1. The Hall–Kier alpha value is -2.91. The van der Waals surface area contributed by atoms with E-state index in [9.17, 15) is 14.0 Å². The number of ether oxygens (including phenoxy) is 1. The summed E-state index contributed by atoms with van der Waals surface area (Å²) in [4.78, 5) is 32.9. The standard InChI is InChI=1S/C28H28FN3O3S.ClH/c1-16-25-19(15-35-3)7-8-21(17(2)33)27(25)36-26(16)28(34)31-24-10-9-22-18(5-4-6-23(22)30-24)13-32-12-11-20(29)14-32;/h4-10,20H,11-15H2,1-3H3,(H,30,31,34);1H. The van der Waals surface area contributed by atoms with Crippen molar-refractivity contribution in [2.24, 2.45) is 0 Å². The highest BCUT2D eigenvalue weighted by molar-refractivity contribution is 7.21. The van der Waals surface area contributed by atoms with Crippen molar-refractivity contribution in [1.82, 2.24) is 9.88 Å². The zero-order valence-electron chi connectivity index (χ0n) is 21.0. The molecular weight excluding hydrogens is 513 g/mol. The normalized spacial score (nSPS) is 15.7. The molecule has 2 aromatic carbocycles. The minimum Gasteiger partial charge on any atom is -0.380 e. The van der Waals surface area contributed by atoms with Crippen LogP contribution in [-0.4, -0.2) is 47.9 Å². The van der Waals surface area contributed by atoms with Gasteiger partial charge in [0.1, 0.15) is 12.0 Å². The zero-order chi connectivity index (χ0) is 25.4. The molecular formula is C28H29ClFN3O3S. The van der Waals surface area contributed by atoms with Crippen LogP contribution in [0.1, 0.15) is 50.1 Å². The third-order valence-electron chi connectivity index (χ3n) is 6.72. The van der Waals surface area contributed by atoms with E-state index in [1.165, 1.54) is 18.3 Å². The van der Waals surface area contributed by atoms with E-state index >= 15 is 0 Å². The largest absolute Gasteiger partial charge is 0.380 e. The number of thiophene rings is 1. The molecule has 1 aliphatic heterocycles. The molecule has 5 rings (SSSR count). The number of methoxy groups -OCH3 is 1. The summed E-state index contributed by atoms with van der Waals surface area (Å²) in [6.45, 7) is 5.72. The van der Waals surface area contributed by atoms with Crippen molar-refractivity contribution in [3.63, 3.8) is 0 Å². The molecule has 1 unspecified atom stereocenters. The van der Waals surface area contributed by atoms with Gasteiger partial charge in [0.25, 0.3) is 5.91 Å². The number of benzene rings is 2. The van der Waals surface area contributed by atoms with Gasteiger partial charge in [-0.15, -0.1) is 23.7 Å². The Morgan fingerprint density at radius 3 is 2.70 bits per heavy atom. The first-order valence-electron chi connectivity index (χ1n) is 12.0. The van der Waals surface area contributed by atoms with Gasteiger partial charge in [0.15, 0.2) is 5.78 Å². The van der Waals surface area contributed by atoms with Gasteiger partial charge in [-0.3, -0.25) is 14.5 Å². The number of aromatic nitrogens is 1. The molecule has 9 heteroatoms. The van der Waals surface area contributed by atoms with Crippen molar-refractivity contribution in [2.45, 2.75) is 39.6 Å². The lowest BCUT2D eigenvalue weighted by atomic mass is 10.0. The number of rotatable bonds is 7. The van der Waals surface area contributed by atoms with Gasteiger partial charge in [-0.05, 0) is 61.2 Å². The lowest BCUT2D eigenvalue weighted by Crippen LogP contribution is -2.20. The van der Waals surface area contributed by atoms with Crippen LogP contribution in [0.15, 0.2) is 42.5 Å². The van der Waals surface area contributed by atoms with Gasteiger partial charge in [0, 0.05) is 47.8 Å². The average molecular weight is 542 g/mol. The Kier molecular flexibility index (Phi) is 8.23. The van der Waals surface area contributed by atoms with Crippen LogP contribution < -0.4 is 5.32 Å². The van der Waals surface area contributed by atoms with E-state index < -0.39 is 6.17 Å². The number of alkyl halides is 1. The molecule has 4 aromatic rings. The number of likely N-dealkylation sites (tertiary alicyclic amines) is 1. The molecule has 0 spiro atoms. The molecule has 6 nitrogen and oxygen atoms in total. The Morgan fingerprint density at radius 1 is 1.19 bits per heavy atom. The molecule has 2 aromatic heterocycles. The summed E-state index contributed by atoms with van der Waals surface area (Å²) in [6.07, 6.45) is -0.175. The number of hydrogen-bond acceptors (Lipinski definition) is 6. The lowest BCUT2D eigenvalue weighted by Gasteiger charge is -2.16. The Labute approximate surface area is 225 Å². The summed E-state index contributed by atoms with van der Waals surface area (Å²) in [5.74, 6) is 0.149. The van der Waals surface area contributed by atoms with E-state index in [0.717, 1.165) is 44.2 Å². The van der Waals surface area contributed by atoms with Crippen LogP contribution in [0.3, 0.4) is 0 Å². The summed E-state index contributed by atoms with van der Waals surface area (Å²) in [6, 6.07) is 13.3. The van der Waals surface area contributed by atoms with Crippen LogP contribution in [0.2, 0.25) is 0 Å². The van der Waals surface area contributed by atoms with Gasteiger partial charge >= 0.3 is 0 Å². The summed E-state index contributed by atoms with van der Waals surface area (Å²) in [7, 11) is 1.62. The maximum Gasteiger partial charge on any atom is 0.267 e. The molecule has 0 aliphatic carbocycles. The van der Waals surface area contributed by atoms with E-state index in [0.29, 0.717) is 42.4 Å². The fourth-order valence-electron chi connectivity index (χ4n) is 4.97. The first-order valence-corrected chi connectivity index (χ1v) is 12.8. The Morgan fingerprint density at radius 2 is 2.00 bits per heavy atom.